The zero-order valence-corrected chi connectivity index (χ0v) is 14.2. The zero-order valence-electron chi connectivity index (χ0n) is 13.3. The molecule has 0 N–H and O–H groups in total. The number of alkyl halides is 3. The Hall–Kier alpha value is -3.32. The Morgan fingerprint density at radius 1 is 1.00 bits per heavy atom. The number of rotatable bonds is 4. The van der Waals surface area contributed by atoms with E-state index in [4.69, 9.17) is 0 Å². The molecular weight excluding hydrogens is 409 g/mol. The molecule has 0 fully saturated rings. The summed E-state index contributed by atoms with van der Waals surface area (Å²) in [6.45, 7) is 0. The number of fused-ring (bicyclic) bond motifs is 1. The van der Waals surface area contributed by atoms with Gasteiger partial charge in [0, 0.05) is 6.07 Å². The largest absolute Gasteiger partial charge is 0.416 e. The Balaban J connectivity index is 2.02. The van der Waals surface area contributed by atoms with Crippen LogP contribution in [0.4, 0.5) is 18.9 Å². The number of nitro benzene ring substituents is 1. The van der Waals surface area contributed by atoms with Gasteiger partial charge in [-0.2, -0.15) is 21.6 Å². The van der Waals surface area contributed by atoms with Gasteiger partial charge in [-0.3, -0.25) is 19.7 Å². The average Bonchev–Trinajstić information content (AvgIpc) is 2.85. The Morgan fingerprint density at radius 2 is 1.54 bits per heavy atom. The monoisotopic (exact) mass is 416 g/mol. The van der Waals surface area contributed by atoms with Gasteiger partial charge in [-0.25, -0.2) is 0 Å². The number of hydroxylamine groups is 2. The van der Waals surface area contributed by atoms with Gasteiger partial charge < -0.3 is 0 Å². The van der Waals surface area contributed by atoms with Crippen LogP contribution in [0.5, 0.6) is 0 Å². The van der Waals surface area contributed by atoms with Crippen LogP contribution in [0.2, 0.25) is 0 Å². The van der Waals surface area contributed by atoms with Crippen LogP contribution in [0, 0.1) is 10.1 Å². The van der Waals surface area contributed by atoms with Crippen molar-refractivity contribution in [3.05, 3.63) is 69.3 Å². The number of imide groups is 1. The minimum Gasteiger partial charge on any atom is -0.266 e. The predicted octanol–water partition coefficient (Wildman–Crippen LogP) is 2.53. The van der Waals surface area contributed by atoms with Crippen LogP contribution in [-0.4, -0.2) is 30.2 Å². The third-order valence-corrected chi connectivity index (χ3v) is 4.91. The standard InChI is InChI=1S/C15H7F3N2O7S/c16-15(17,18)8-5-6-12(11(7-8)20(23)24)28(25,26)27-19-13(21)9-3-1-2-4-10(9)14(19)22/h1-7H. The molecule has 0 saturated carbocycles. The summed E-state index contributed by atoms with van der Waals surface area (Å²) in [5, 5.41) is 10.9. The molecule has 0 spiro atoms. The van der Waals surface area contributed by atoms with E-state index >= 15 is 0 Å². The maximum atomic E-state index is 12.7. The number of carbonyl (C=O) groups is 2. The molecule has 0 bridgehead atoms. The fourth-order valence-corrected chi connectivity index (χ4v) is 3.46. The van der Waals surface area contributed by atoms with Crippen LogP contribution < -0.4 is 0 Å². The smallest absolute Gasteiger partial charge is 0.266 e. The summed E-state index contributed by atoms with van der Waals surface area (Å²) in [6.07, 6.45) is -4.96. The molecule has 1 aliphatic rings. The molecule has 2 aromatic carbocycles. The molecule has 0 atom stereocenters. The molecule has 9 nitrogen and oxygen atoms in total. The maximum absolute atomic E-state index is 12.7. The fourth-order valence-electron chi connectivity index (χ4n) is 2.42. The topological polar surface area (TPSA) is 124 Å². The molecule has 2 amide bonds. The van der Waals surface area contributed by atoms with Gasteiger partial charge in [-0.1, -0.05) is 12.1 Å². The van der Waals surface area contributed by atoms with Crippen LogP contribution in [0.15, 0.2) is 47.4 Å². The van der Waals surface area contributed by atoms with E-state index in [1.165, 1.54) is 24.3 Å². The van der Waals surface area contributed by atoms with E-state index in [0.717, 1.165) is 0 Å². The number of benzene rings is 2. The number of hydrogen-bond donors (Lipinski definition) is 0. The normalized spacial score (nSPS) is 14.3. The van der Waals surface area contributed by atoms with Gasteiger partial charge in [-0.15, -0.1) is 9.35 Å². The van der Waals surface area contributed by atoms with Crippen molar-refractivity contribution in [2.24, 2.45) is 0 Å². The van der Waals surface area contributed by atoms with Gasteiger partial charge in [-0.05, 0) is 24.3 Å². The van der Waals surface area contributed by atoms with Crippen molar-refractivity contribution in [1.82, 2.24) is 5.06 Å². The highest BCUT2D eigenvalue weighted by Gasteiger charge is 2.42. The second kappa shape index (κ2) is 6.38. The minimum absolute atomic E-state index is 0.0125. The van der Waals surface area contributed by atoms with Crippen molar-refractivity contribution in [3.8, 4) is 0 Å². The highest BCUT2D eigenvalue weighted by atomic mass is 32.2. The Kier molecular flexibility index (Phi) is 4.43. The lowest BCUT2D eigenvalue weighted by Gasteiger charge is -2.14. The summed E-state index contributed by atoms with van der Waals surface area (Å²) in [7, 11) is -5.19. The minimum atomic E-state index is -5.19. The summed E-state index contributed by atoms with van der Waals surface area (Å²) in [6, 6.07) is 5.89. The lowest BCUT2D eigenvalue weighted by Crippen LogP contribution is -2.33. The molecule has 2 aromatic rings. The first-order valence-corrected chi connectivity index (χ1v) is 8.62. The SMILES string of the molecule is O=C1c2ccccc2C(=O)N1OS(=O)(=O)c1ccc(C(F)(F)F)cc1[N+](=O)[O-]. The maximum Gasteiger partial charge on any atom is 0.416 e. The first-order chi connectivity index (χ1) is 12.9. The first kappa shape index (κ1) is 19.4. The summed E-state index contributed by atoms with van der Waals surface area (Å²) < 4.78 is 67.4. The van der Waals surface area contributed by atoms with Gasteiger partial charge in [0.1, 0.15) is 0 Å². The number of amides is 2. The van der Waals surface area contributed by atoms with Crippen LogP contribution in [0.3, 0.4) is 0 Å². The van der Waals surface area contributed by atoms with Gasteiger partial charge in [0.15, 0.2) is 4.90 Å². The van der Waals surface area contributed by atoms with Crippen molar-refractivity contribution in [2.45, 2.75) is 11.1 Å². The molecular formula is C15H7F3N2O7S. The summed E-state index contributed by atoms with van der Waals surface area (Å²) in [4.78, 5) is 32.8. The number of nitrogens with zero attached hydrogens (tertiary/aromatic N) is 2. The van der Waals surface area contributed by atoms with Gasteiger partial charge in [0.25, 0.3) is 17.5 Å². The molecule has 146 valence electrons. The lowest BCUT2D eigenvalue weighted by molar-refractivity contribution is -0.388. The van der Waals surface area contributed by atoms with E-state index in [-0.39, 0.29) is 22.3 Å². The van der Waals surface area contributed by atoms with E-state index in [1.807, 2.05) is 0 Å². The molecule has 0 aromatic heterocycles. The Labute approximate surface area is 154 Å². The zero-order chi connectivity index (χ0) is 20.9. The molecule has 13 heteroatoms. The molecule has 0 saturated heterocycles. The van der Waals surface area contributed by atoms with Gasteiger partial charge in [0.05, 0.1) is 21.6 Å². The molecule has 28 heavy (non-hydrogen) atoms. The van der Waals surface area contributed by atoms with E-state index in [0.29, 0.717) is 12.1 Å². The van der Waals surface area contributed by atoms with Crippen LogP contribution >= 0.6 is 0 Å². The first-order valence-electron chi connectivity index (χ1n) is 7.21. The van der Waals surface area contributed by atoms with Crippen molar-refractivity contribution in [1.29, 1.82) is 0 Å². The summed E-state index contributed by atoms with van der Waals surface area (Å²) in [5.74, 6) is -2.28. The van der Waals surface area contributed by atoms with E-state index in [1.54, 1.807) is 0 Å². The third kappa shape index (κ3) is 3.20. The predicted molar refractivity (Wildman–Crippen MR) is 83.3 cm³/mol. The number of nitro groups is 1. The van der Waals surface area contributed by atoms with Crippen molar-refractivity contribution >= 4 is 27.6 Å². The van der Waals surface area contributed by atoms with Crippen molar-refractivity contribution in [3.63, 3.8) is 0 Å². The Morgan fingerprint density at radius 3 is 2.00 bits per heavy atom. The van der Waals surface area contributed by atoms with Crippen molar-refractivity contribution in [2.75, 3.05) is 0 Å². The van der Waals surface area contributed by atoms with Crippen molar-refractivity contribution < 1.29 is 40.4 Å². The fraction of sp³-hybridized carbons (Fsp3) is 0.0667. The van der Waals surface area contributed by atoms with Crippen LogP contribution in [0.25, 0.3) is 0 Å². The third-order valence-electron chi connectivity index (χ3n) is 3.68. The average molecular weight is 416 g/mol. The van der Waals surface area contributed by atoms with E-state index in [9.17, 15) is 41.3 Å². The summed E-state index contributed by atoms with van der Waals surface area (Å²) in [5.41, 5.74) is -3.21. The van der Waals surface area contributed by atoms with Crippen LogP contribution in [0.1, 0.15) is 26.3 Å². The molecule has 1 aliphatic heterocycles. The molecule has 0 unspecified atom stereocenters. The molecule has 3 rings (SSSR count). The highest BCUT2D eigenvalue weighted by molar-refractivity contribution is 7.86. The van der Waals surface area contributed by atoms with E-state index in [2.05, 4.69) is 4.28 Å². The second-order valence-electron chi connectivity index (χ2n) is 5.42. The lowest BCUT2D eigenvalue weighted by atomic mass is 10.1. The second-order valence-corrected chi connectivity index (χ2v) is 6.91. The van der Waals surface area contributed by atoms with E-state index < -0.39 is 49.2 Å². The molecule has 0 aliphatic carbocycles. The summed E-state index contributed by atoms with van der Waals surface area (Å²) >= 11 is 0. The number of hydrogen-bond acceptors (Lipinski definition) is 7. The molecule has 1 heterocycles. The van der Waals surface area contributed by atoms with Crippen LogP contribution in [-0.2, 0) is 20.6 Å². The molecule has 0 radical (unpaired) electrons. The van der Waals surface area contributed by atoms with Gasteiger partial charge >= 0.3 is 16.3 Å². The van der Waals surface area contributed by atoms with Gasteiger partial charge in [0.2, 0.25) is 0 Å². The highest BCUT2D eigenvalue weighted by Crippen LogP contribution is 2.35. The quantitative estimate of drug-likeness (QED) is 0.426. The number of halogens is 3. The number of carbonyl (C=O) groups excluding carboxylic acids is 2. The Bertz CT molecular complexity index is 1090.